The maximum atomic E-state index is 13.2. The lowest BCUT2D eigenvalue weighted by Crippen LogP contribution is -2.60. The fourth-order valence-corrected chi connectivity index (χ4v) is 6.04. The minimum absolute atomic E-state index is 0.0589. The summed E-state index contributed by atoms with van der Waals surface area (Å²) in [5.41, 5.74) is 0.225. The summed E-state index contributed by atoms with van der Waals surface area (Å²) in [6.45, 7) is 19.3. The van der Waals surface area contributed by atoms with E-state index in [-0.39, 0.29) is 22.4 Å². The summed E-state index contributed by atoms with van der Waals surface area (Å²) in [6, 6.07) is 0.0589. The quantitative estimate of drug-likeness (QED) is 0.759. The molecule has 2 aliphatic rings. The Morgan fingerprint density at radius 3 is 1.71 bits per heavy atom. The van der Waals surface area contributed by atoms with Crippen LogP contribution in [0.1, 0.15) is 61.3 Å². The summed E-state index contributed by atoms with van der Waals surface area (Å²) < 4.78 is 28.1. The van der Waals surface area contributed by atoms with Gasteiger partial charge in [-0.15, -0.1) is 0 Å². The van der Waals surface area contributed by atoms with Crippen LogP contribution >= 0.6 is 0 Å². The minimum atomic E-state index is -3.19. The van der Waals surface area contributed by atoms with E-state index < -0.39 is 10.0 Å². The highest BCUT2D eigenvalue weighted by atomic mass is 32.2. The molecule has 2 aliphatic heterocycles. The number of nitrogens with zero attached hydrogens (tertiary/aromatic N) is 3. The van der Waals surface area contributed by atoms with Gasteiger partial charge in [-0.05, 0) is 74.4 Å². The van der Waals surface area contributed by atoms with Crippen LogP contribution in [0.5, 0.6) is 0 Å². The maximum absolute atomic E-state index is 13.2. The van der Waals surface area contributed by atoms with Crippen LogP contribution in [-0.4, -0.2) is 77.6 Å². The van der Waals surface area contributed by atoms with E-state index in [0.717, 1.165) is 39.0 Å². The third kappa shape index (κ3) is 4.32. The van der Waals surface area contributed by atoms with Crippen molar-refractivity contribution in [3.63, 3.8) is 0 Å². The molecule has 0 saturated carbocycles. The molecular weight excluding hydrogens is 322 g/mol. The molecule has 1 unspecified atom stereocenters. The summed E-state index contributed by atoms with van der Waals surface area (Å²) >= 11 is 0. The van der Waals surface area contributed by atoms with Crippen molar-refractivity contribution in [1.82, 2.24) is 14.1 Å². The Morgan fingerprint density at radius 2 is 1.29 bits per heavy atom. The van der Waals surface area contributed by atoms with E-state index in [1.54, 1.807) is 4.31 Å². The number of piperidine rings is 1. The molecule has 2 rings (SSSR count). The van der Waals surface area contributed by atoms with Crippen LogP contribution in [0.15, 0.2) is 0 Å². The monoisotopic (exact) mass is 359 g/mol. The predicted octanol–water partition coefficient (Wildman–Crippen LogP) is 2.38. The SMILES string of the molecule is CC1CN(C(C)(C)C)CCN1S(=O)(=O)C1CCN(C(C)(C)C)CC1. The Morgan fingerprint density at radius 1 is 0.792 bits per heavy atom. The van der Waals surface area contributed by atoms with Crippen LogP contribution in [0.2, 0.25) is 0 Å². The number of rotatable bonds is 2. The fourth-order valence-electron chi connectivity index (χ4n) is 3.94. The molecule has 24 heavy (non-hydrogen) atoms. The average Bonchev–Trinajstić information content (AvgIpc) is 2.45. The first-order valence-corrected chi connectivity index (χ1v) is 10.8. The summed E-state index contributed by atoms with van der Waals surface area (Å²) in [4.78, 5) is 4.80. The van der Waals surface area contributed by atoms with Crippen LogP contribution in [-0.2, 0) is 10.0 Å². The van der Waals surface area contributed by atoms with Crippen molar-refractivity contribution in [2.45, 2.75) is 83.7 Å². The molecule has 0 bridgehead atoms. The summed E-state index contributed by atoms with van der Waals surface area (Å²) in [6.07, 6.45) is 1.51. The molecule has 2 heterocycles. The summed E-state index contributed by atoms with van der Waals surface area (Å²) in [5, 5.41) is -0.209. The smallest absolute Gasteiger partial charge is 0.217 e. The second kappa shape index (κ2) is 6.86. The van der Waals surface area contributed by atoms with Gasteiger partial charge in [0.05, 0.1) is 5.25 Å². The molecule has 142 valence electrons. The van der Waals surface area contributed by atoms with Gasteiger partial charge in [-0.3, -0.25) is 9.80 Å². The van der Waals surface area contributed by atoms with E-state index >= 15 is 0 Å². The van der Waals surface area contributed by atoms with Gasteiger partial charge in [0.1, 0.15) is 0 Å². The molecule has 6 heteroatoms. The third-order valence-corrected chi connectivity index (χ3v) is 8.16. The van der Waals surface area contributed by atoms with E-state index in [1.807, 2.05) is 0 Å². The number of hydrogen-bond donors (Lipinski definition) is 0. The Hall–Kier alpha value is -0.170. The highest BCUT2D eigenvalue weighted by Crippen LogP contribution is 2.29. The molecule has 0 radical (unpaired) electrons. The zero-order chi connectivity index (χ0) is 18.3. The Kier molecular flexibility index (Phi) is 5.76. The number of likely N-dealkylation sites (tertiary alicyclic amines) is 1. The Labute approximate surface area is 149 Å². The maximum Gasteiger partial charge on any atom is 0.217 e. The molecule has 2 fully saturated rings. The van der Waals surface area contributed by atoms with Crippen LogP contribution in [0.3, 0.4) is 0 Å². The summed E-state index contributed by atoms with van der Waals surface area (Å²) in [7, 11) is -3.19. The first-order chi connectivity index (χ1) is 10.8. The van der Waals surface area contributed by atoms with Gasteiger partial charge in [0.25, 0.3) is 0 Å². The van der Waals surface area contributed by atoms with Gasteiger partial charge < -0.3 is 0 Å². The highest BCUT2D eigenvalue weighted by Gasteiger charge is 2.41. The lowest BCUT2D eigenvalue weighted by atomic mass is 10.0. The molecule has 0 aromatic carbocycles. The zero-order valence-electron chi connectivity index (χ0n) is 16.7. The van der Waals surface area contributed by atoms with Crippen molar-refractivity contribution >= 4 is 10.0 Å². The molecule has 0 aromatic heterocycles. The molecule has 0 spiro atoms. The van der Waals surface area contributed by atoms with Crippen molar-refractivity contribution in [3.05, 3.63) is 0 Å². The number of piperazine rings is 1. The molecule has 0 amide bonds. The Balaban J connectivity index is 2.02. The van der Waals surface area contributed by atoms with Gasteiger partial charge in [-0.1, -0.05) is 0 Å². The van der Waals surface area contributed by atoms with E-state index in [1.165, 1.54) is 0 Å². The lowest BCUT2D eigenvalue weighted by Gasteiger charge is -2.47. The molecule has 5 nitrogen and oxygen atoms in total. The van der Waals surface area contributed by atoms with Crippen molar-refractivity contribution in [1.29, 1.82) is 0 Å². The standard InChI is InChI=1S/C18H37N3O2S/c1-15-14-20(18(5,6)7)12-13-21(15)24(22,23)16-8-10-19(11-9-16)17(2,3)4/h15-16H,8-14H2,1-7H3. The average molecular weight is 360 g/mol. The first kappa shape index (κ1) is 20.1. The molecule has 2 saturated heterocycles. The van der Waals surface area contributed by atoms with Gasteiger partial charge in [0.15, 0.2) is 0 Å². The van der Waals surface area contributed by atoms with Crippen LogP contribution in [0.4, 0.5) is 0 Å². The van der Waals surface area contributed by atoms with E-state index in [4.69, 9.17) is 0 Å². The van der Waals surface area contributed by atoms with Crippen LogP contribution < -0.4 is 0 Å². The third-order valence-electron chi connectivity index (χ3n) is 5.65. The normalized spacial score (nSPS) is 27.5. The zero-order valence-corrected chi connectivity index (χ0v) is 17.5. The first-order valence-electron chi connectivity index (χ1n) is 9.34. The topological polar surface area (TPSA) is 43.9 Å². The van der Waals surface area contributed by atoms with Gasteiger partial charge in [0, 0.05) is 36.8 Å². The molecule has 1 atom stereocenters. The van der Waals surface area contributed by atoms with Crippen molar-refractivity contribution in [3.8, 4) is 0 Å². The summed E-state index contributed by atoms with van der Waals surface area (Å²) in [5.74, 6) is 0. The van der Waals surface area contributed by atoms with Crippen LogP contribution in [0.25, 0.3) is 0 Å². The van der Waals surface area contributed by atoms with Gasteiger partial charge >= 0.3 is 0 Å². The van der Waals surface area contributed by atoms with Crippen molar-refractivity contribution in [2.24, 2.45) is 0 Å². The largest absolute Gasteiger partial charge is 0.298 e. The highest BCUT2D eigenvalue weighted by molar-refractivity contribution is 7.89. The Bertz CT molecular complexity index is 525. The fraction of sp³-hybridized carbons (Fsp3) is 1.00. The van der Waals surface area contributed by atoms with E-state index in [9.17, 15) is 8.42 Å². The number of sulfonamides is 1. The van der Waals surface area contributed by atoms with Gasteiger partial charge in [0.2, 0.25) is 10.0 Å². The second-order valence-corrected chi connectivity index (χ2v) is 11.6. The second-order valence-electron chi connectivity index (χ2n) is 9.48. The molecule has 0 N–H and O–H groups in total. The predicted molar refractivity (Wildman–Crippen MR) is 101 cm³/mol. The lowest BCUT2D eigenvalue weighted by molar-refractivity contribution is 0.0631. The molecule has 0 aromatic rings. The van der Waals surface area contributed by atoms with E-state index in [2.05, 4.69) is 58.3 Å². The molecule has 0 aliphatic carbocycles. The molecular formula is C18H37N3O2S. The number of hydrogen-bond acceptors (Lipinski definition) is 4. The minimum Gasteiger partial charge on any atom is -0.298 e. The van der Waals surface area contributed by atoms with E-state index in [0.29, 0.717) is 6.54 Å². The van der Waals surface area contributed by atoms with Gasteiger partial charge in [-0.25, -0.2) is 8.42 Å². The van der Waals surface area contributed by atoms with Crippen molar-refractivity contribution < 1.29 is 8.42 Å². The van der Waals surface area contributed by atoms with Gasteiger partial charge in [-0.2, -0.15) is 4.31 Å². The van der Waals surface area contributed by atoms with Crippen molar-refractivity contribution in [2.75, 3.05) is 32.7 Å². The van der Waals surface area contributed by atoms with Crippen LogP contribution in [0, 0.1) is 0 Å².